The number of pyridine rings is 1. The molecule has 0 saturated carbocycles. The van der Waals surface area contributed by atoms with Crippen LogP contribution in [0.4, 0.5) is 0 Å². The molecule has 0 saturated heterocycles. The highest BCUT2D eigenvalue weighted by atomic mass is 35.5. The van der Waals surface area contributed by atoms with Crippen LogP contribution in [0.25, 0.3) is 11.1 Å². The summed E-state index contributed by atoms with van der Waals surface area (Å²) in [4.78, 5) is 17.0. The molecule has 0 radical (unpaired) electrons. The lowest BCUT2D eigenvalue weighted by Crippen LogP contribution is -2.30. The summed E-state index contributed by atoms with van der Waals surface area (Å²) in [6, 6.07) is 10.7. The van der Waals surface area contributed by atoms with Gasteiger partial charge in [-0.25, -0.2) is 4.98 Å². The molecular weight excluding hydrogens is 406 g/mol. The van der Waals surface area contributed by atoms with Crippen molar-refractivity contribution >= 4 is 17.5 Å². The first-order chi connectivity index (χ1) is 14.5. The van der Waals surface area contributed by atoms with Crippen molar-refractivity contribution in [2.24, 2.45) is 5.92 Å². The predicted octanol–water partition coefficient (Wildman–Crippen LogP) is 4.03. The molecule has 1 aromatic carbocycles. The van der Waals surface area contributed by atoms with Gasteiger partial charge in [-0.1, -0.05) is 35.8 Å². The van der Waals surface area contributed by atoms with Crippen LogP contribution < -0.4 is 10.1 Å². The molecule has 158 valence electrons. The van der Waals surface area contributed by atoms with Crippen molar-refractivity contribution in [1.29, 1.82) is 0 Å². The van der Waals surface area contributed by atoms with Crippen LogP contribution >= 0.6 is 11.6 Å². The Labute approximate surface area is 180 Å². The van der Waals surface area contributed by atoms with Crippen LogP contribution in [0.15, 0.2) is 47.1 Å². The van der Waals surface area contributed by atoms with E-state index < -0.39 is 0 Å². The summed E-state index contributed by atoms with van der Waals surface area (Å²) < 4.78 is 11.0. The number of rotatable bonds is 9. The lowest BCUT2D eigenvalue weighted by atomic mass is 10.0. The zero-order valence-electron chi connectivity index (χ0n) is 16.9. The van der Waals surface area contributed by atoms with E-state index in [1.54, 1.807) is 24.3 Å². The molecule has 3 rings (SSSR count). The minimum atomic E-state index is -0.262. The van der Waals surface area contributed by atoms with Gasteiger partial charge < -0.3 is 19.7 Å². The van der Waals surface area contributed by atoms with Crippen LogP contribution in [0.3, 0.4) is 0 Å². The topological polar surface area (TPSA) is 97.5 Å². The van der Waals surface area contributed by atoms with Gasteiger partial charge in [0.1, 0.15) is 0 Å². The number of ether oxygens (including phenoxy) is 1. The SMILES string of the molecule is CCC(CO)CNC(=O)c1cnc(OCc2cc(C)no2)c(-c2ccc(Cl)cc2)c1. The molecule has 1 amide bonds. The molecule has 1 atom stereocenters. The first-order valence-electron chi connectivity index (χ1n) is 9.70. The third-order valence-electron chi connectivity index (χ3n) is 4.68. The van der Waals surface area contributed by atoms with E-state index in [1.165, 1.54) is 6.20 Å². The summed E-state index contributed by atoms with van der Waals surface area (Å²) >= 11 is 6.01. The number of benzene rings is 1. The summed E-state index contributed by atoms with van der Waals surface area (Å²) in [5.74, 6) is 0.699. The van der Waals surface area contributed by atoms with Crippen molar-refractivity contribution in [1.82, 2.24) is 15.5 Å². The van der Waals surface area contributed by atoms with Gasteiger partial charge in [-0.2, -0.15) is 0 Å². The van der Waals surface area contributed by atoms with E-state index in [0.717, 1.165) is 17.7 Å². The molecule has 7 nitrogen and oxygen atoms in total. The molecule has 0 spiro atoms. The molecule has 3 aromatic rings. The van der Waals surface area contributed by atoms with Gasteiger partial charge in [-0.05, 0) is 43.0 Å². The zero-order valence-corrected chi connectivity index (χ0v) is 17.6. The second kappa shape index (κ2) is 10.2. The van der Waals surface area contributed by atoms with Crippen LogP contribution in [-0.4, -0.2) is 34.3 Å². The molecule has 2 N–H and O–H groups in total. The maximum Gasteiger partial charge on any atom is 0.252 e. The second-order valence-corrected chi connectivity index (χ2v) is 7.41. The highest BCUT2D eigenvalue weighted by Crippen LogP contribution is 2.30. The van der Waals surface area contributed by atoms with Crippen molar-refractivity contribution in [2.45, 2.75) is 26.9 Å². The van der Waals surface area contributed by atoms with Gasteiger partial charge in [0, 0.05) is 36.0 Å². The fraction of sp³-hybridized carbons (Fsp3) is 0.318. The summed E-state index contributed by atoms with van der Waals surface area (Å²) in [5.41, 5.74) is 2.63. The van der Waals surface area contributed by atoms with E-state index in [4.69, 9.17) is 20.9 Å². The van der Waals surface area contributed by atoms with E-state index in [2.05, 4.69) is 15.5 Å². The number of nitrogens with one attached hydrogen (secondary N) is 1. The Kier molecular flexibility index (Phi) is 7.43. The monoisotopic (exact) mass is 429 g/mol. The highest BCUT2D eigenvalue weighted by molar-refractivity contribution is 6.30. The van der Waals surface area contributed by atoms with Crippen molar-refractivity contribution < 1.29 is 19.2 Å². The Morgan fingerprint density at radius 2 is 2.07 bits per heavy atom. The third-order valence-corrected chi connectivity index (χ3v) is 4.94. The normalized spacial score (nSPS) is 11.9. The molecule has 2 aromatic heterocycles. The molecule has 1 unspecified atom stereocenters. The van der Waals surface area contributed by atoms with Gasteiger partial charge in [0.2, 0.25) is 5.88 Å². The van der Waals surface area contributed by atoms with Gasteiger partial charge in [0.05, 0.1) is 11.3 Å². The fourth-order valence-electron chi connectivity index (χ4n) is 2.83. The lowest BCUT2D eigenvalue weighted by molar-refractivity contribution is 0.0939. The number of carbonyl (C=O) groups is 1. The van der Waals surface area contributed by atoms with Crippen LogP contribution in [-0.2, 0) is 6.61 Å². The highest BCUT2D eigenvalue weighted by Gasteiger charge is 2.16. The molecule has 0 aliphatic carbocycles. The Hall–Kier alpha value is -2.90. The molecule has 0 fully saturated rings. The fourth-order valence-corrected chi connectivity index (χ4v) is 2.95. The van der Waals surface area contributed by atoms with E-state index in [9.17, 15) is 9.90 Å². The van der Waals surface area contributed by atoms with Gasteiger partial charge in [0.15, 0.2) is 12.4 Å². The zero-order chi connectivity index (χ0) is 21.5. The molecule has 8 heteroatoms. The lowest BCUT2D eigenvalue weighted by Gasteiger charge is -2.14. The summed E-state index contributed by atoms with van der Waals surface area (Å²) in [6.45, 7) is 4.38. The average Bonchev–Trinajstić information content (AvgIpc) is 3.18. The Bertz CT molecular complexity index is 984. The summed E-state index contributed by atoms with van der Waals surface area (Å²) in [7, 11) is 0. The number of carbonyl (C=O) groups excluding carboxylic acids is 1. The van der Waals surface area contributed by atoms with E-state index in [1.807, 2.05) is 26.0 Å². The number of aliphatic hydroxyl groups is 1. The van der Waals surface area contributed by atoms with Crippen LogP contribution in [0, 0.1) is 12.8 Å². The number of aliphatic hydroxyl groups excluding tert-OH is 1. The third kappa shape index (κ3) is 5.58. The number of amides is 1. The largest absolute Gasteiger partial charge is 0.469 e. The van der Waals surface area contributed by atoms with E-state index in [-0.39, 0.29) is 25.0 Å². The predicted molar refractivity (Wildman–Crippen MR) is 113 cm³/mol. The maximum absolute atomic E-state index is 12.6. The minimum Gasteiger partial charge on any atom is -0.469 e. The van der Waals surface area contributed by atoms with Crippen LogP contribution in [0.1, 0.15) is 35.2 Å². The van der Waals surface area contributed by atoms with Gasteiger partial charge in [0.25, 0.3) is 5.91 Å². The number of aromatic nitrogens is 2. The molecule has 2 heterocycles. The van der Waals surface area contributed by atoms with E-state index >= 15 is 0 Å². The molecule has 0 aliphatic heterocycles. The summed E-state index contributed by atoms with van der Waals surface area (Å²) in [5, 5.41) is 16.6. The van der Waals surface area contributed by atoms with Crippen molar-refractivity contribution in [3.8, 4) is 17.0 Å². The molecule has 30 heavy (non-hydrogen) atoms. The van der Waals surface area contributed by atoms with Gasteiger partial charge in [-0.3, -0.25) is 4.79 Å². The number of hydrogen-bond acceptors (Lipinski definition) is 6. The minimum absolute atomic E-state index is 0.0191. The number of nitrogens with zero attached hydrogens (tertiary/aromatic N) is 2. The average molecular weight is 430 g/mol. The van der Waals surface area contributed by atoms with Gasteiger partial charge in [-0.15, -0.1) is 0 Å². The van der Waals surface area contributed by atoms with E-state index in [0.29, 0.717) is 34.3 Å². The standard InChI is InChI=1S/C22H24ClN3O4/c1-3-15(12-27)10-24-21(28)17-9-20(16-4-6-18(23)7-5-16)22(25-11-17)29-13-19-8-14(2)26-30-19/h4-9,11,15,27H,3,10,12-13H2,1-2H3,(H,24,28). The van der Waals surface area contributed by atoms with Crippen molar-refractivity contribution in [3.63, 3.8) is 0 Å². The van der Waals surface area contributed by atoms with Crippen LogP contribution in [0.2, 0.25) is 5.02 Å². The quantitative estimate of drug-likeness (QED) is 0.533. The number of hydrogen-bond donors (Lipinski definition) is 2. The molecule has 0 bridgehead atoms. The maximum atomic E-state index is 12.6. The second-order valence-electron chi connectivity index (χ2n) is 6.97. The first-order valence-corrected chi connectivity index (χ1v) is 10.1. The molecule has 0 aliphatic rings. The van der Waals surface area contributed by atoms with Crippen molar-refractivity contribution in [2.75, 3.05) is 13.2 Å². The van der Waals surface area contributed by atoms with Crippen molar-refractivity contribution in [3.05, 3.63) is 64.6 Å². The summed E-state index contributed by atoms with van der Waals surface area (Å²) in [6.07, 6.45) is 2.24. The van der Waals surface area contributed by atoms with Gasteiger partial charge >= 0.3 is 0 Å². The Morgan fingerprint density at radius 3 is 2.70 bits per heavy atom. The smallest absolute Gasteiger partial charge is 0.252 e. The Balaban J connectivity index is 1.84. The Morgan fingerprint density at radius 1 is 1.30 bits per heavy atom. The molecular formula is C22H24ClN3O4. The first kappa shape index (κ1) is 21.8. The number of halogens is 1. The van der Waals surface area contributed by atoms with Crippen LogP contribution in [0.5, 0.6) is 5.88 Å². The number of aryl methyl sites for hydroxylation is 1.